The topological polar surface area (TPSA) is 69.0 Å². The second-order valence-corrected chi connectivity index (χ2v) is 8.48. The highest BCUT2D eigenvalue weighted by molar-refractivity contribution is 7.99. The van der Waals surface area contributed by atoms with E-state index in [2.05, 4.69) is 15.5 Å². The SMILES string of the molecule is Cc1cccc(C)c1OCc1nnc(SCC(=O)Nc2ccc(F)cc2F)n1-c1ccccc1. The zero-order valence-corrected chi connectivity index (χ0v) is 19.4. The molecule has 0 aliphatic rings. The minimum absolute atomic E-state index is 0.0421. The van der Waals surface area contributed by atoms with Crippen LogP contribution in [0.25, 0.3) is 5.69 Å². The van der Waals surface area contributed by atoms with Crippen LogP contribution in [0.1, 0.15) is 17.0 Å². The molecule has 1 heterocycles. The molecular weight excluding hydrogens is 458 g/mol. The van der Waals surface area contributed by atoms with Crippen LogP contribution in [0, 0.1) is 25.5 Å². The predicted octanol–water partition coefficient (Wildman–Crippen LogP) is 5.47. The highest BCUT2D eigenvalue weighted by Crippen LogP contribution is 2.26. The Bertz CT molecular complexity index is 1290. The molecule has 0 spiro atoms. The molecular formula is C25H22F2N4O2S. The van der Waals surface area contributed by atoms with Gasteiger partial charge in [0.05, 0.1) is 11.4 Å². The summed E-state index contributed by atoms with van der Waals surface area (Å²) >= 11 is 1.15. The average Bonchev–Trinajstić information content (AvgIpc) is 3.22. The molecule has 34 heavy (non-hydrogen) atoms. The van der Waals surface area contributed by atoms with Gasteiger partial charge in [-0.2, -0.15) is 0 Å². The Morgan fingerprint density at radius 1 is 1.00 bits per heavy atom. The Hall–Kier alpha value is -3.72. The fourth-order valence-electron chi connectivity index (χ4n) is 3.39. The van der Waals surface area contributed by atoms with Crippen molar-refractivity contribution in [3.63, 3.8) is 0 Å². The highest BCUT2D eigenvalue weighted by atomic mass is 32.2. The molecule has 0 saturated carbocycles. The Kier molecular flexibility index (Phi) is 7.22. The second-order valence-electron chi connectivity index (χ2n) is 7.54. The van der Waals surface area contributed by atoms with Gasteiger partial charge in [0.15, 0.2) is 11.0 Å². The maximum Gasteiger partial charge on any atom is 0.234 e. The number of nitrogens with one attached hydrogen (secondary N) is 1. The Morgan fingerprint density at radius 3 is 2.44 bits per heavy atom. The number of rotatable bonds is 8. The van der Waals surface area contributed by atoms with Gasteiger partial charge in [-0.3, -0.25) is 9.36 Å². The lowest BCUT2D eigenvalue weighted by Crippen LogP contribution is -2.16. The summed E-state index contributed by atoms with van der Waals surface area (Å²) in [6.45, 7) is 4.14. The number of ether oxygens (including phenoxy) is 1. The molecule has 9 heteroatoms. The Morgan fingerprint density at radius 2 is 1.74 bits per heavy atom. The molecule has 6 nitrogen and oxygen atoms in total. The van der Waals surface area contributed by atoms with Crippen molar-refractivity contribution in [1.29, 1.82) is 0 Å². The van der Waals surface area contributed by atoms with E-state index in [-0.39, 0.29) is 18.0 Å². The molecule has 3 aromatic carbocycles. The molecule has 0 radical (unpaired) electrons. The summed E-state index contributed by atoms with van der Waals surface area (Å²) in [5.41, 5.74) is 2.77. The minimum Gasteiger partial charge on any atom is -0.485 e. The van der Waals surface area contributed by atoms with Crippen LogP contribution in [-0.4, -0.2) is 26.4 Å². The minimum atomic E-state index is -0.836. The van der Waals surface area contributed by atoms with Gasteiger partial charge in [0.1, 0.15) is 24.0 Å². The third-order valence-corrected chi connectivity index (χ3v) is 5.94. The van der Waals surface area contributed by atoms with Gasteiger partial charge in [-0.25, -0.2) is 8.78 Å². The van der Waals surface area contributed by atoms with E-state index in [1.165, 1.54) is 6.07 Å². The maximum absolute atomic E-state index is 13.8. The summed E-state index contributed by atoms with van der Waals surface area (Å²) < 4.78 is 34.8. The third kappa shape index (κ3) is 5.43. The number of benzene rings is 3. The molecule has 0 aliphatic carbocycles. The van der Waals surface area contributed by atoms with Gasteiger partial charge in [0.2, 0.25) is 5.91 Å². The number of amides is 1. The monoisotopic (exact) mass is 480 g/mol. The lowest BCUT2D eigenvalue weighted by Gasteiger charge is -2.13. The Labute approximate surface area is 200 Å². The molecule has 1 N–H and O–H groups in total. The van der Waals surface area contributed by atoms with Crippen LogP contribution >= 0.6 is 11.8 Å². The zero-order chi connectivity index (χ0) is 24.1. The fourth-order valence-corrected chi connectivity index (χ4v) is 4.17. The first-order valence-electron chi connectivity index (χ1n) is 10.5. The molecule has 0 atom stereocenters. The largest absolute Gasteiger partial charge is 0.485 e. The van der Waals surface area contributed by atoms with Crippen LogP contribution in [0.2, 0.25) is 0 Å². The number of aryl methyl sites for hydroxylation is 2. The van der Waals surface area contributed by atoms with Crippen LogP contribution in [0.3, 0.4) is 0 Å². The van der Waals surface area contributed by atoms with Crippen molar-refractivity contribution in [2.75, 3.05) is 11.1 Å². The van der Waals surface area contributed by atoms with Gasteiger partial charge in [-0.05, 0) is 49.2 Å². The number of carbonyl (C=O) groups excluding carboxylic acids is 1. The van der Waals surface area contributed by atoms with Crippen molar-refractivity contribution in [2.24, 2.45) is 0 Å². The summed E-state index contributed by atoms with van der Waals surface area (Å²) in [7, 11) is 0. The molecule has 174 valence electrons. The first-order chi connectivity index (χ1) is 16.4. The molecule has 4 aromatic rings. The first-order valence-corrected chi connectivity index (χ1v) is 11.5. The predicted molar refractivity (Wildman–Crippen MR) is 127 cm³/mol. The normalized spacial score (nSPS) is 10.8. The number of thioether (sulfide) groups is 1. The van der Waals surface area contributed by atoms with Crippen LogP contribution in [0.15, 0.2) is 71.9 Å². The number of halogens is 2. The van der Waals surface area contributed by atoms with Crippen LogP contribution in [0.4, 0.5) is 14.5 Å². The number of carbonyl (C=O) groups is 1. The van der Waals surface area contributed by atoms with Crippen LogP contribution in [-0.2, 0) is 11.4 Å². The summed E-state index contributed by atoms with van der Waals surface area (Å²) in [5, 5.41) is 11.5. The Balaban J connectivity index is 1.52. The summed E-state index contributed by atoms with van der Waals surface area (Å²) in [4.78, 5) is 12.4. The summed E-state index contributed by atoms with van der Waals surface area (Å²) in [5.74, 6) is -0.680. The van der Waals surface area contributed by atoms with E-state index in [0.717, 1.165) is 46.5 Å². The third-order valence-electron chi connectivity index (χ3n) is 5.01. The van der Waals surface area contributed by atoms with Crippen molar-refractivity contribution in [3.05, 3.63) is 95.3 Å². The molecule has 0 fully saturated rings. The average molecular weight is 481 g/mol. The molecule has 0 bridgehead atoms. The standard InChI is InChI=1S/C25H22F2N4O2S/c1-16-7-6-8-17(2)24(16)33-14-22-29-30-25(31(22)19-9-4-3-5-10-19)34-15-23(32)28-21-12-11-18(26)13-20(21)27/h3-13H,14-15H2,1-2H3,(H,28,32). The quantitative estimate of drug-likeness (QED) is 0.339. The van der Waals surface area contributed by atoms with Crippen LogP contribution in [0.5, 0.6) is 5.75 Å². The van der Waals surface area contributed by atoms with Crippen molar-refractivity contribution >= 4 is 23.4 Å². The molecule has 1 amide bonds. The van der Waals surface area contributed by atoms with E-state index in [0.29, 0.717) is 11.0 Å². The van der Waals surface area contributed by atoms with E-state index in [9.17, 15) is 13.6 Å². The van der Waals surface area contributed by atoms with E-state index < -0.39 is 17.5 Å². The lowest BCUT2D eigenvalue weighted by molar-refractivity contribution is -0.113. The van der Waals surface area contributed by atoms with Crippen molar-refractivity contribution < 1.29 is 18.3 Å². The molecule has 4 rings (SSSR count). The van der Waals surface area contributed by atoms with Gasteiger partial charge < -0.3 is 10.1 Å². The van der Waals surface area contributed by atoms with E-state index in [1.54, 1.807) is 0 Å². The smallest absolute Gasteiger partial charge is 0.234 e. The maximum atomic E-state index is 13.8. The summed E-state index contributed by atoms with van der Waals surface area (Å²) in [6, 6.07) is 18.4. The van der Waals surface area contributed by atoms with Crippen molar-refractivity contribution in [2.45, 2.75) is 25.6 Å². The molecule has 0 saturated heterocycles. The van der Waals surface area contributed by atoms with Crippen LogP contribution < -0.4 is 10.1 Å². The van der Waals surface area contributed by atoms with E-state index >= 15 is 0 Å². The molecule has 1 aromatic heterocycles. The van der Waals surface area contributed by atoms with Gasteiger partial charge in [0, 0.05) is 11.8 Å². The molecule has 0 aliphatic heterocycles. The number of para-hydroxylation sites is 2. The zero-order valence-electron chi connectivity index (χ0n) is 18.6. The number of hydrogen-bond acceptors (Lipinski definition) is 5. The fraction of sp³-hybridized carbons (Fsp3) is 0.160. The van der Waals surface area contributed by atoms with E-state index in [4.69, 9.17) is 4.74 Å². The number of hydrogen-bond donors (Lipinski definition) is 1. The van der Waals surface area contributed by atoms with Gasteiger partial charge >= 0.3 is 0 Å². The number of anilines is 1. The number of nitrogens with zero attached hydrogens (tertiary/aromatic N) is 3. The van der Waals surface area contributed by atoms with Crippen molar-refractivity contribution in [1.82, 2.24) is 14.8 Å². The molecule has 0 unspecified atom stereocenters. The van der Waals surface area contributed by atoms with Gasteiger partial charge in [-0.15, -0.1) is 10.2 Å². The second kappa shape index (κ2) is 10.5. The van der Waals surface area contributed by atoms with Crippen molar-refractivity contribution in [3.8, 4) is 11.4 Å². The first kappa shape index (κ1) is 23.4. The lowest BCUT2D eigenvalue weighted by atomic mass is 10.1. The summed E-state index contributed by atoms with van der Waals surface area (Å²) in [6.07, 6.45) is 0. The number of aromatic nitrogens is 3. The van der Waals surface area contributed by atoms with Gasteiger partial charge in [-0.1, -0.05) is 48.2 Å². The van der Waals surface area contributed by atoms with E-state index in [1.807, 2.05) is 66.9 Å². The highest BCUT2D eigenvalue weighted by Gasteiger charge is 2.18. The van der Waals surface area contributed by atoms with Gasteiger partial charge in [0.25, 0.3) is 0 Å².